The molecular formula is C30H27N3O6S. The summed E-state index contributed by atoms with van der Waals surface area (Å²) in [6, 6.07) is 27.2. The van der Waals surface area contributed by atoms with E-state index in [1.807, 2.05) is 30.3 Å². The second-order valence-corrected chi connectivity index (χ2v) is 10.6. The van der Waals surface area contributed by atoms with E-state index in [-0.39, 0.29) is 22.7 Å². The summed E-state index contributed by atoms with van der Waals surface area (Å²) in [5.74, 6) is 1.11. The van der Waals surface area contributed by atoms with Crippen molar-refractivity contribution in [1.82, 2.24) is 5.43 Å². The number of hydrazone groups is 1. The van der Waals surface area contributed by atoms with E-state index in [0.717, 1.165) is 5.56 Å². The number of methoxy groups -OCH3 is 1. The Balaban J connectivity index is 1.47. The minimum atomic E-state index is -4.08. The van der Waals surface area contributed by atoms with Crippen molar-refractivity contribution in [2.45, 2.75) is 11.4 Å². The molecule has 4 aromatic carbocycles. The highest BCUT2D eigenvalue weighted by Crippen LogP contribution is 2.33. The molecule has 0 bridgehead atoms. The molecule has 0 saturated heterocycles. The number of hydrogen-bond donors (Lipinski definition) is 1. The number of sulfonamides is 1. The Morgan fingerprint density at radius 3 is 2.42 bits per heavy atom. The van der Waals surface area contributed by atoms with Crippen molar-refractivity contribution in [1.29, 1.82) is 0 Å². The fourth-order valence-corrected chi connectivity index (χ4v) is 5.70. The quantitative estimate of drug-likeness (QED) is 0.238. The van der Waals surface area contributed by atoms with Gasteiger partial charge in [-0.25, -0.2) is 13.8 Å². The smallest absolute Gasteiger partial charge is 0.273 e. The zero-order chi connectivity index (χ0) is 28.0. The summed E-state index contributed by atoms with van der Waals surface area (Å²) in [4.78, 5) is 13.4. The predicted molar refractivity (Wildman–Crippen MR) is 152 cm³/mol. The molecular weight excluding hydrogens is 530 g/mol. The molecule has 0 spiro atoms. The van der Waals surface area contributed by atoms with Crippen LogP contribution in [-0.4, -0.2) is 40.9 Å². The Hall–Kier alpha value is -4.83. The maximum absolute atomic E-state index is 13.9. The highest BCUT2D eigenvalue weighted by molar-refractivity contribution is 7.92. The number of carbonyl (C=O) groups is 1. The van der Waals surface area contributed by atoms with Crippen LogP contribution in [0.3, 0.4) is 0 Å². The van der Waals surface area contributed by atoms with Gasteiger partial charge in [0.15, 0.2) is 11.5 Å². The third-order valence-corrected chi connectivity index (χ3v) is 7.97. The first-order valence-corrected chi connectivity index (χ1v) is 13.9. The Morgan fingerprint density at radius 1 is 0.925 bits per heavy atom. The molecule has 40 heavy (non-hydrogen) atoms. The van der Waals surface area contributed by atoms with Crippen LogP contribution < -0.4 is 23.9 Å². The van der Waals surface area contributed by atoms with E-state index >= 15 is 0 Å². The summed E-state index contributed by atoms with van der Waals surface area (Å²) in [7, 11) is -2.57. The molecule has 9 nitrogen and oxygen atoms in total. The average Bonchev–Trinajstić information content (AvgIpc) is 3.00. The zero-order valence-corrected chi connectivity index (χ0v) is 22.5. The van der Waals surface area contributed by atoms with Crippen LogP contribution in [0.4, 0.5) is 5.69 Å². The van der Waals surface area contributed by atoms with Crippen molar-refractivity contribution in [3.63, 3.8) is 0 Å². The van der Waals surface area contributed by atoms with Gasteiger partial charge in [0.1, 0.15) is 19.0 Å². The standard InChI is InChI=1S/C30H27N3O6S/c1-37-24-14-16-25(17-15-24)40(35,36)33(21-22-8-3-2-4-9-22)27-12-6-5-11-26(27)30(34)32-31-20-23-10-7-13-28-29(23)39-19-18-38-28/h2-17,20H,18-19,21H2,1H3,(H,32,34). The summed E-state index contributed by atoms with van der Waals surface area (Å²) in [5.41, 5.74) is 4.26. The highest BCUT2D eigenvalue weighted by atomic mass is 32.2. The van der Waals surface area contributed by atoms with Crippen LogP contribution >= 0.6 is 0 Å². The predicted octanol–water partition coefficient (Wildman–Crippen LogP) is 4.63. The molecule has 1 heterocycles. The third-order valence-electron chi connectivity index (χ3n) is 6.20. The van der Waals surface area contributed by atoms with Crippen molar-refractivity contribution in [3.05, 3.63) is 114 Å². The lowest BCUT2D eigenvalue weighted by molar-refractivity contribution is 0.0955. The van der Waals surface area contributed by atoms with Crippen LogP contribution in [0.25, 0.3) is 0 Å². The van der Waals surface area contributed by atoms with E-state index in [2.05, 4.69) is 10.5 Å². The third kappa shape index (κ3) is 5.76. The molecule has 0 aliphatic carbocycles. The molecule has 5 rings (SSSR count). The fraction of sp³-hybridized carbons (Fsp3) is 0.133. The lowest BCUT2D eigenvalue weighted by Crippen LogP contribution is -2.33. The number of fused-ring (bicyclic) bond motifs is 1. The lowest BCUT2D eigenvalue weighted by atomic mass is 10.1. The molecule has 1 aliphatic rings. The molecule has 1 aliphatic heterocycles. The van der Waals surface area contributed by atoms with Crippen LogP contribution in [0.2, 0.25) is 0 Å². The number of amides is 1. The van der Waals surface area contributed by atoms with Gasteiger partial charge < -0.3 is 14.2 Å². The van der Waals surface area contributed by atoms with E-state index < -0.39 is 15.9 Å². The van der Waals surface area contributed by atoms with Gasteiger partial charge in [-0.05, 0) is 54.1 Å². The van der Waals surface area contributed by atoms with E-state index in [1.54, 1.807) is 54.6 Å². The molecule has 0 aromatic heterocycles. The van der Waals surface area contributed by atoms with Crippen molar-refractivity contribution in [3.8, 4) is 17.2 Å². The second-order valence-electron chi connectivity index (χ2n) is 8.76. The van der Waals surface area contributed by atoms with E-state index in [1.165, 1.54) is 29.8 Å². The van der Waals surface area contributed by atoms with Gasteiger partial charge in [0.25, 0.3) is 15.9 Å². The number of ether oxygens (including phenoxy) is 3. The first-order valence-electron chi connectivity index (χ1n) is 12.5. The molecule has 0 saturated carbocycles. The van der Waals surface area contributed by atoms with E-state index in [4.69, 9.17) is 14.2 Å². The summed E-state index contributed by atoms with van der Waals surface area (Å²) >= 11 is 0. The molecule has 0 fully saturated rings. The summed E-state index contributed by atoms with van der Waals surface area (Å²) in [6.45, 7) is 0.883. The minimum Gasteiger partial charge on any atom is -0.497 e. The molecule has 10 heteroatoms. The lowest BCUT2D eigenvalue weighted by Gasteiger charge is -2.26. The SMILES string of the molecule is COc1ccc(S(=O)(=O)N(Cc2ccccc2)c2ccccc2C(=O)NN=Cc2cccc3c2OCCO3)cc1. The van der Waals surface area contributed by atoms with Gasteiger partial charge in [-0.1, -0.05) is 48.5 Å². The minimum absolute atomic E-state index is 0.0102. The largest absolute Gasteiger partial charge is 0.497 e. The number of nitrogens with one attached hydrogen (secondary N) is 1. The maximum Gasteiger partial charge on any atom is 0.273 e. The zero-order valence-electron chi connectivity index (χ0n) is 21.7. The number of anilines is 1. The van der Waals surface area contributed by atoms with Crippen molar-refractivity contribution >= 4 is 27.8 Å². The van der Waals surface area contributed by atoms with Gasteiger partial charge in [0, 0.05) is 5.56 Å². The van der Waals surface area contributed by atoms with Crippen molar-refractivity contribution in [2.75, 3.05) is 24.6 Å². The molecule has 4 aromatic rings. The summed E-state index contributed by atoms with van der Waals surface area (Å²) in [6.07, 6.45) is 1.46. The number of benzene rings is 4. The van der Waals surface area contributed by atoms with Crippen LogP contribution in [0.1, 0.15) is 21.5 Å². The Labute approximate surface area is 232 Å². The summed E-state index contributed by atoms with van der Waals surface area (Å²) < 4.78 is 45.6. The first-order chi connectivity index (χ1) is 19.5. The van der Waals surface area contributed by atoms with Gasteiger partial charge in [0.05, 0.1) is 36.0 Å². The Kier molecular flexibility index (Phi) is 7.97. The highest BCUT2D eigenvalue weighted by Gasteiger charge is 2.28. The monoisotopic (exact) mass is 557 g/mol. The van der Waals surface area contributed by atoms with Gasteiger partial charge in [0.2, 0.25) is 0 Å². The van der Waals surface area contributed by atoms with Crippen LogP contribution in [0.5, 0.6) is 17.2 Å². The summed E-state index contributed by atoms with van der Waals surface area (Å²) in [5, 5.41) is 4.11. The van der Waals surface area contributed by atoms with Crippen LogP contribution in [0.15, 0.2) is 107 Å². The van der Waals surface area contributed by atoms with E-state index in [9.17, 15) is 13.2 Å². The van der Waals surface area contributed by atoms with Gasteiger partial charge in [-0.15, -0.1) is 0 Å². The Morgan fingerprint density at radius 2 is 1.65 bits per heavy atom. The Bertz CT molecular complexity index is 1620. The van der Waals surface area contributed by atoms with Crippen molar-refractivity contribution < 1.29 is 27.4 Å². The number of rotatable bonds is 9. The van der Waals surface area contributed by atoms with Gasteiger partial charge in [-0.3, -0.25) is 9.10 Å². The van der Waals surface area contributed by atoms with Gasteiger partial charge >= 0.3 is 0 Å². The van der Waals surface area contributed by atoms with Crippen molar-refractivity contribution in [2.24, 2.45) is 5.10 Å². The van der Waals surface area contributed by atoms with E-state index in [0.29, 0.717) is 36.0 Å². The molecule has 204 valence electrons. The maximum atomic E-state index is 13.9. The molecule has 0 radical (unpaired) electrons. The number of para-hydroxylation sites is 2. The molecule has 0 atom stereocenters. The van der Waals surface area contributed by atoms with Crippen LogP contribution in [0, 0.1) is 0 Å². The van der Waals surface area contributed by atoms with Gasteiger partial charge in [-0.2, -0.15) is 5.10 Å². The fourth-order valence-electron chi connectivity index (χ4n) is 4.23. The molecule has 1 amide bonds. The molecule has 0 unspecified atom stereocenters. The number of nitrogens with zero attached hydrogens (tertiary/aromatic N) is 2. The number of hydrogen-bond acceptors (Lipinski definition) is 7. The van der Waals surface area contributed by atoms with Crippen LogP contribution in [-0.2, 0) is 16.6 Å². The average molecular weight is 558 g/mol. The topological polar surface area (TPSA) is 107 Å². The second kappa shape index (κ2) is 11.9. The first kappa shape index (κ1) is 26.8. The molecule has 1 N–H and O–H groups in total. The number of carbonyl (C=O) groups excluding carboxylic acids is 1. The normalized spacial score (nSPS) is 12.6.